The first-order valence-electron chi connectivity index (χ1n) is 3.02. The lowest BCUT2D eigenvalue weighted by atomic mass is 10.2. The van der Waals surface area contributed by atoms with E-state index in [1.54, 1.807) is 5.38 Å². The second kappa shape index (κ2) is 2.27. The summed E-state index contributed by atoms with van der Waals surface area (Å²) in [5.74, 6) is -1.58. The van der Waals surface area contributed by atoms with Gasteiger partial charge in [0.2, 0.25) is 0 Å². The number of fused-ring (bicyclic) bond motifs is 1. The van der Waals surface area contributed by atoms with E-state index in [2.05, 4.69) is 5.38 Å². The molecule has 1 aromatic heterocycles. The zero-order valence-electron chi connectivity index (χ0n) is 5.40. The molecule has 0 bridgehead atoms. The smallest absolute Gasteiger partial charge is 0.167 e. The standard InChI is InChI=1S/C8H3F2S/c9-7-2-1-5-3-11-4-6(5)8(7)10/h1-2,4H. The predicted octanol–water partition coefficient (Wildman–Crippen LogP) is 2.98. The minimum absolute atomic E-state index is 0.315. The van der Waals surface area contributed by atoms with E-state index in [0.29, 0.717) is 10.8 Å². The molecule has 0 aliphatic carbocycles. The molecular formula is C8H3F2S. The van der Waals surface area contributed by atoms with Crippen molar-refractivity contribution < 1.29 is 8.78 Å². The van der Waals surface area contributed by atoms with Crippen LogP contribution in [0.25, 0.3) is 10.8 Å². The van der Waals surface area contributed by atoms with Crippen LogP contribution in [-0.2, 0) is 0 Å². The van der Waals surface area contributed by atoms with Crippen LogP contribution in [0.2, 0.25) is 0 Å². The van der Waals surface area contributed by atoms with E-state index in [9.17, 15) is 8.78 Å². The van der Waals surface area contributed by atoms with E-state index in [4.69, 9.17) is 0 Å². The molecule has 3 heteroatoms. The first-order valence-corrected chi connectivity index (χ1v) is 3.90. The van der Waals surface area contributed by atoms with Gasteiger partial charge in [0, 0.05) is 16.2 Å². The summed E-state index contributed by atoms with van der Waals surface area (Å²) in [6.07, 6.45) is 0. The fourth-order valence-electron chi connectivity index (χ4n) is 0.922. The second-order valence-electron chi connectivity index (χ2n) is 2.16. The predicted molar refractivity (Wildman–Crippen MR) is 40.6 cm³/mol. The van der Waals surface area contributed by atoms with Crippen molar-refractivity contribution in [3.63, 3.8) is 0 Å². The highest BCUT2D eigenvalue weighted by Gasteiger charge is 2.06. The van der Waals surface area contributed by atoms with Crippen LogP contribution in [0.3, 0.4) is 0 Å². The number of thiophene rings is 1. The number of rotatable bonds is 0. The van der Waals surface area contributed by atoms with Gasteiger partial charge in [0.15, 0.2) is 11.6 Å². The van der Waals surface area contributed by atoms with E-state index in [1.165, 1.54) is 17.4 Å². The maximum Gasteiger partial charge on any atom is 0.167 e. The van der Waals surface area contributed by atoms with Gasteiger partial charge in [-0.1, -0.05) is 0 Å². The van der Waals surface area contributed by atoms with Crippen LogP contribution in [0.15, 0.2) is 17.5 Å². The molecule has 2 aromatic rings. The highest BCUT2D eigenvalue weighted by molar-refractivity contribution is 7.08. The minimum atomic E-state index is -0.802. The van der Waals surface area contributed by atoms with Gasteiger partial charge in [0.05, 0.1) is 5.38 Å². The lowest BCUT2D eigenvalue weighted by Gasteiger charge is -1.92. The largest absolute Gasteiger partial charge is 0.204 e. The molecule has 1 heterocycles. The van der Waals surface area contributed by atoms with Gasteiger partial charge in [0.25, 0.3) is 0 Å². The Balaban J connectivity index is 2.93. The minimum Gasteiger partial charge on any atom is -0.204 e. The van der Waals surface area contributed by atoms with Crippen LogP contribution in [0.1, 0.15) is 0 Å². The molecular weight excluding hydrogens is 166 g/mol. The Labute approximate surface area is 66.1 Å². The van der Waals surface area contributed by atoms with Crippen molar-refractivity contribution in [3.05, 3.63) is 34.5 Å². The number of benzene rings is 1. The molecule has 0 aliphatic heterocycles. The van der Waals surface area contributed by atoms with Crippen molar-refractivity contribution >= 4 is 22.1 Å². The molecule has 0 amide bonds. The molecule has 0 unspecified atom stereocenters. The zero-order chi connectivity index (χ0) is 7.84. The van der Waals surface area contributed by atoms with E-state index in [-0.39, 0.29) is 0 Å². The quantitative estimate of drug-likeness (QED) is 0.568. The SMILES string of the molecule is Fc1ccc2[c]scc2c1F. The summed E-state index contributed by atoms with van der Waals surface area (Å²) in [4.78, 5) is 0. The zero-order valence-corrected chi connectivity index (χ0v) is 6.21. The third kappa shape index (κ3) is 0.922. The van der Waals surface area contributed by atoms with Crippen molar-refractivity contribution in [2.24, 2.45) is 0 Å². The highest BCUT2D eigenvalue weighted by atomic mass is 32.1. The van der Waals surface area contributed by atoms with E-state index in [1.807, 2.05) is 0 Å². The molecule has 0 fully saturated rings. The monoisotopic (exact) mass is 169 g/mol. The van der Waals surface area contributed by atoms with Crippen LogP contribution >= 0.6 is 11.3 Å². The van der Waals surface area contributed by atoms with Gasteiger partial charge in [-0.05, 0) is 12.1 Å². The summed E-state index contributed by atoms with van der Waals surface area (Å²) < 4.78 is 25.4. The fourth-order valence-corrected chi connectivity index (χ4v) is 1.63. The van der Waals surface area contributed by atoms with E-state index in [0.717, 1.165) is 6.07 Å². The Morgan fingerprint density at radius 1 is 1.27 bits per heavy atom. The Kier molecular flexibility index (Phi) is 1.39. The van der Waals surface area contributed by atoms with Crippen molar-refractivity contribution in [3.8, 4) is 0 Å². The molecule has 11 heavy (non-hydrogen) atoms. The van der Waals surface area contributed by atoms with Crippen LogP contribution in [0, 0.1) is 17.0 Å². The maximum absolute atomic E-state index is 12.8. The first-order chi connectivity index (χ1) is 5.29. The average molecular weight is 169 g/mol. The molecule has 55 valence electrons. The summed E-state index contributed by atoms with van der Waals surface area (Å²) in [7, 11) is 0. The summed E-state index contributed by atoms with van der Waals surface area (Å²) in [6, 6.07) is 2.63. The van der Waals surface area contributed by atoms with Crippen LogP contribution in [-0.4, -0.2) is 0 Å². The number of hydrogen-bond acceptors (Lipinski definition) is 1. The molecule has 0 nitrogen and oxygen atoms in total. The van der Waals surface area contributed by atoms with Crippen LogP contribution in [0.5, 0.6) is 0 Å². The third-order valence-corrected chi connectivity index (χ3v) is 2.17. The summed E-state index contributed by atoms with van der Waals surface area (Å²) in [5.41, 5.74) is 0. The van der Waals surface area contributed by atoms with Gasteiger partial charge in [0.1, 0.15) is 0 Å². The molecule has 2 rings (SSSR count). The van der Waals surface area contributed by atoms with Gasteiger partial charge >= 0.3 is 0 Å². The molecule has 1 aromatic carbocycles. The van der Waals surface area contributed by atoms with E-state index < -0.39 is 11.6 Å². The topological polar surface area (TPSA) is 0 Å². The molecule has 0 saturated carbocycles. The number of hydrogen-bond donors (Lipinski definition) is 0. The van der Waals surface area contributed by atoms with Gasteiger partial charge < -0.3 is 0 Å². The lowest BCUT2D eigenvalue weighted by Crippen LogP contribution is -1.81. The van der Waals surface area contributed by atoms with Crippen molar-refractivity contribution in [2.75, 3.05) is 0 Å². The van der Waals surface area contributed by atoms with Gasteiger partial charge in [-0.3, -0.25) is 0 Å². The fraction of sp³-hybridized carbons (Fsp3) is 0. The highest BCUT2D eigenvalue weighted by Crippen LogP contribution is 2.22. The molecule has 0 N–H and O–H groups in total. The molecule has 0 aliphatic rings. The van der Waals surface area contributed by atoms with Gasteiger partial charge in [-0.15, -0.1) is 11.3 Å². The normalized spacial score (nSPS) is 10.7. The Hall–Kier alpha value is -0.960. The molecule has 0 saturated heterocycles. The average Bonchev–Trinajstić information content (AvgIpc) is 2.45. The Morgan fingerprint density at radius 3 is 2.91 bits per heavy atom. The number of halogens is 2. The maximum atomic E-state index is 12.8. The van der Waals surface area contributed by atoms with Crippen LogP contribution in [0.4, 0.5) is 8.78 Å². The molecule has 1 radical (unpaired) electrons. The summed E-state index contributed by atoms with van der Waals surface area (Å²) >= 11 is 1.24. The van der Waals surface area contributed by atoms with Crippen molar-refractivity contribution in [1.29, 1.82) is 0 Å². The Bertz CT molecular complexity index is 392. The third-order valence-electron chi connectivity index (χ3n) is 1.48. The van der Waals surface area contributed by atoms with Gasteiger partial charge in [-0.25, -0.2) is 8.78 Å². The lowest BCUT2D eigenvalue weighted by molar-refractivity contribution is 0.517. The molecule has 0 atom stereocenters. The molecule has 0 spiro atoms. The first kappa shape index (κ1) is 6.73. The van der Waals surface area contributed by atoms with E-state index >= 15 is 0 Å². The Morgan fingerprint density at radius 2 is 2.09 bits per heavy atom. The second-order valence-corrected chi connectivity index (χ2v) is 2.84. The van der Waals surface area contributed by atoms with Gasteiger partial charge in [-0.2, -0.15) is 0 Å². The van der Waals surface area contributed by atoms with Crippen molar-refractivity contribution in [2.45, 2.75) is 0 Å². The van der Waals surface area contributed by atoms with Crippen molar-refractivity contribution in [1.82, 2.24) is 0 Å². The van der Waals surface area contributed by atoms with Crippen LogP contribution < -0.4 is 0 Å². The summed E-state index contributed by atoms with van der Waals surface area (Å²) in [6.45, 7) is 0. The summed E-state index contributed by atoms with van der Waals surface area (Å²) in [5, 5.41) is 5.32.